The summed E-state index contributed by atoms with van der Waals surface area (Å²) in [7, 11) is -3.47. The highest BCUT2D eigenvalue weighted by Crippen LogP contribution is 2.24. The zero-order chi connectivity index (χ0) is 21.4. The first-order valence-electron chi connectivity index (χ1n) is 10.0. The van der Waals surface area contributed by atoms with E-state index in [0.717, 1.165) is 25.9 Å². The van der Waals surface area contributed by atoms with Gasteiger partial charge in [0.15, 0.2) is 9.84 Å². The predicted octanol–water partition coefficient (Wildman–Crippen LogP) is 1.94. The Labute approximate surface area is 172 Å². The van der Waals surface area contributed by atoms with Crippen LogP contribution in [0.5, 0.6) is 5.75 Å². The molecule has 2 rings (SSSR count). The molecule has 1 aliphatic rings. The molecule has 0 radical (unpaired) electrons. The summed E-state index contributed by atoms with van der Waals surface area (Å²) in [5.41, 5.74) is 0.149. The molecule has 29 heavy (non-hydrogen) atoms. The van der Waals surface area contributed by atoms with Crippen molar-refractivity contribution in [2.75, 3.05) is 32.0 Å². The minimum atomic E-state index is -3.47. The molecular weight excluding hydrogens is 396 g/mol. The van der Waals surface area contributed by atoms with Gasteiger partial charge in [-0.25, -0.2) is 8.42 Å². The lowest BCUT2D eigenvalue weighted by molar-refractivity contribution is -0.137. The lowest BCUT2D eigenvalue weighted by Gasteiger charge is -2.23. The maximum atomic E-state index is 12.8. The Morgan fingerprint density at radius 2 is 2.07 bits per heavy atom. The smallest absolute Gasteiger partial charge is 0.303 e. The molecule has 0 saturated carbocycles. The molecular formula is C20H30N2O6S. The summed E-state index contributed by atoms with van der Waals surface area (Å²) in [6.07, 6.45) is 2.35. The average Bonchev–Trinajstić information content (AvgIpc) is 3.16. The van der Waals surface area contributed by atoms with E-state index in [0.29, 0.717) is 13.0 Å². The van der Waals surface area contributed by atoms with E-state index in [1.165, 1.54) is 18.2 Å². The number of aliphatic carboxylic acids is 1. The molecule has 0 spiro atoms. The Morgan fingerprint density at radius 3 is 2.72 bits per heavy atom. The van der Waals surface area contributed by atoms with Crippen molar-refractivity contribution in [2.24, 2.45) is 0 Å². The highest BCUT2D eigenvalue weighted by molar-refractivity contribution is 7.91. The third-order valence-electron chi connectivity index (χ3n) is 5.13. The van der Waals surface area contributed by atoms with E-state index < -0.39 is 21.7 Å². The van der Waals surface area contributed by atoms with E-state index >= 15 is 0 Å². The van der Waals surface area contributed by atoms with Gasteiger partial charge in [-0.15, -0.1) is 0 Å². The average molecular weight is 427 g/mol. The van der Waals surface area contributed by atoms with Crippen molar-refractivity contribution >= 4 is 21.7 Å². The Kier molecular flexibility index (Phi) is 8.45. The van der Waals surface area contributed by atoms with Crippen LogP contribution in [0, 0.1) is 0 Å². The lowest BCUT2D eigenvalue weighted by Crippen LogP contribution is -2.40. The van der Waals surface area contributed by atoms with Gasteiger partial charge in [-0.1, -0.05) is 13.8 Å². The minimum Gasteiger partial charge on any atom is -0.493 e. The number of carbonyl (C=O) groups is 2. The van der Waals surface area contributed by atoms with Gasteiger partial charge in [0.1, 0.15) is 5.75 Å². The molecule has 2 N–H and O–H groups in total. The summed E-state index contributed by atoms with van der Waals surface area (Å²) in [6.45, 7) is 6.17. The number of carbonyl (C=O) groups excluding carboxylic acids is 1. The van der Waals surface area contributed by atoms with Crippen LogP contribution < -0.4 is 10.1 Å². The van der Waals surface area contributed by atoms with Gasteiger partial charge < -0.3 is 15.2 Å². The number of benzene rings is 1. The van der Waals surface area contributed by atoms with Crippen LogP contribution >= 0.6 is 0 Å². The van der Waals surface area contributed by atoms with Crippen molar-refractivity contribution in [3.05, 3.63) is 23.8 Å². The summed E-state index contributed by atoms with van der Waals surface area (Å²) >= 11 is 0. The molecule has 1 amide bonds. The van der Waals surface area contributed by atoms with E-state index in [-0.39, 0.29) is 41.0 Å². The minimum absolute atomic E-state index is 0.0433. The van der Waals surface area contributed by atoms with Gasteiger partial charge in [0.2, 0.25) is 0 Å². The zero-order valence-corrected chi connectivity index (χ0v) is 17.8. The van der Waals surface area contributed by atoms with Crippen LogP contribution in [-0.4, -0.2) is 68.3 Å². The number of nitrogens with one attached hydrogen (secondary N) is 1. The summed E-state index contributed by atoms with van der Waals surface area (Å²) in [5, 5.41) is 11.6. The lowest BCUT2D eigenvalue weighted by atomic mass is 10.1. The monoisotopic (exact) mass is 426 g/mol. The summed E-state index contributed by atoms with van der Waals surface area (Å²) in [6, 6.07) is 4.49. The van der Waals surface area contributed by atoms with Gasteiger partial charge in [0, 0.05) is 19.0 Å². The second-order valence-electron chi connectivity index (χ2n) is 7.04. The molecule has 1 aromatic carbocycles. The number of hydrogen-bond acceptors (Lipinski definition) is 6. The van der Waals surface area contributed by atoms with Gasteiger partial charge in [0.25, 0.3) is 5.91 Å². The van der Waals surface area contributed by atoms with Crippen molar-refractivity contribution in [2.45, 2.75) is 50.5 Å². The normalized spacial score (nSPS) is 17.2. The van der Waals surface area contributed by atoms with E-state index in [4.69, 9.17) is 9.84 Å². The largest absolute Gasteiger partial charge is 0.493 e. The molecule has 162 valence electrons. The van der Waals surface area contributed by atoms with Crippen molar-refractivity contribution in [1.82, 2.24) is 10.2 Å². The molecule has 1 unspecified atom stereocenters. The van der Waals surface area contributed by atoms with E-state index in [1.807, 2.05) is 0 Å². The van der Waals surface area contributed by atoms with Crippen molar-refractivity contribution in [3.63, 3.8) is 0 Å². The summed E-state index contributed by atoms with van der Waals surface area (Å²) in [5.74, 6) is -1.13. The molecule has 1 saturated heterocycles. The third kappa shape index (κ3) is 6.43. The number of rotatable bonds is 11. The number of carboxylic acids is 1. The van der Waals surface area contributed by atoms with E-state index in [9.17, 15) is 18.0 Å². The third-order valence-corrected chi connectivity index (χ3v) is 6.86. The Balaban J connectivity index is 2.16. The Bertz CT molecular complexity index is 824. The number of ether oxygens (including phenoxy) is 1. The molecule has 0 aromatic heterocycles. The number of nitrogens with zero attached hydrogens (tertiary/aromatic N) is 1. The van der Waals surface area contributed by atoms with Crippen LogP contribution in [0.1, 0.15) is 49.9 Å². The first kappa shape index (κ1) is 23.2. The first-order chi connectivity index (χ1) is 13.8. The summed E-state index contributed by atoms with van der Waals surface area (Å²) in [4.78, 5) is 25.8. The van der Waals surface area contributed by atoms with Gasteiger partial charge in [-0.2, -0.15) is 0 Å². The van der Waals surface area contributed by atoms with Gasteiger partial charge in [0.05, 0.1) is 22.8 Å². The van der Waals surface area contributed by atoms with Gasteiger partial charge in [-0.3, -0.25) is 14.5 Å². The van der Waals surface area contributed by atoms with Crippen LogP contribution in [0.3, 0.4) is 0 Å². The summed E-state index contributed by atoms with van der Waals surface area (Å²) < 4.78 is 30.0. The molecule has 1 aliphatic heterocycles. The van der Waals surface area contributed by atoms with Crippen LogP contribution in [0.15, 0.2) is 23.1 Å². The second kappa shape index (κ2) is 10.6. The molecule has 0 bridgehead atoms. The van der Waals surface area contributed by atoms with Gasteiger partial charge in [-0.05, 0) is 50.6 Å². The topological polar surface area (TPSA) is 113 Å². The maximum Gasteiger partial charge on any atom is 0.303 e. The first-order valence-corrected chi connectivity index (χ1v) is 11.7. The number of amides is 1. The van der Waals surface area contributed by atoms with Crippen molar-refractivity contribution in [3.8, 4) is 5.75 Å². The van der Waals surface area contributed by atoms with E-state index in [1.54, 1.807) is 6.92 Å². The number of hydrogen-bond donors (Lipinski definition) is 2. The predicted molar refractivity (Wildman–Crippen MR) is 109 cm³/mol. The molecule has 0 aliphatic carbocycles. The fourth-order valence-electron chi connectivity index (χ4n) is 3.43. The highest BCUT2D eigenvalue weighted by Gasteiger charge is 2.25. The molecule has 1 heterocycles. The zero-order valence-electron chi connectivity index (χ0n) is 17.0. The SMILES string of the molecule is CCN1CCCC1CNC(=O)c1cc(S(=O)(=O)CC)ccc1OCCCC(=O)O. The van der Waals surface area contributed by atoms with E-state index in [2.05, 4.69) is 17.1 Å². The molecule has 9 heteroatoms. The fraction of sp³-hybridized carbons (Fsp3) is 0.600. The number of likely N-dealkylation sites (tertiary alicyclic amines) is 1. The van der Waals surface area contributed by atoms with Gasteiger partial charge >= 0.3 is 5.97 Å². The standard InChI is InChI=1S/C20H30N2O6S/c1-3-22-11-5-7-15(22)14-21-20(25)17-13-16(29(26,27)4-2)9-10-18(17)28-12-6-8-19(23)24/h9-10,13,15H,3-8,11-12,14H2,1-2H3,(H,21,25)(H,23,24). The van der Waals surface area contributed by atoms with Crippen molar-refractivity contribution < 1.29 is 27.9 Å². The molecule has 1 atom stereocenters. The Hall–Kier alpha value is -2.13. The number of sulfone groups is 1. The quantitative estimate of drug-likeness (QED) is 0.520. The van der Waals surface area contributed by atoms with Crippen LogP contribution in [-0.2, 0) is 14.6 Å². The fourth-order valence-corrected chi connectivity index (χ4v) is 4.33. The second-order valence-corrected chi connectivity index (χ2v) is 9.32. The van der Waals surface area contributed by atoms with Crippen molar-refractivity contribution in [1.29, 1.82) is 0 Å². The molecule has 8 nitrogen and oxygen atoms in total. The maximum absolute atomic E-state index is 12.8. The molecule has 1 aromatic rings. The van der Waals surface area contributed by atoms with Crippen LogP contribution in [0.25, 0.3) is 0 Å². The Morgan fingerprint density at radius 1 is 1.31 bits per heavy atom. The highest BCUT2D eigenvalue weighted by atomic mass is 32.2. The number of carboxylic acid groups (broad SMARTS) is 1. The van der Waals surface area contributed by atoms with Crippen LogP contribution in [0.4, 0.5) is 0 Å². The van der Waals surface area contributed by atoms with Crippen LogP contribution in [0.2, 0.25) is 0 Å². The number of likely N-dealkylation sites (N-methyl/N-ethyl adjacent to an activating group) is 1. The molecule has 1 fully saturated rings.